The van der Waals surface area contributed by atoms with E-state index in [2.05, 4.69) is 9.97 Å². The number of imidazole rings is 1. The van der Waals surface area contributed by atoms with Gasteiger partial charge in [0.25, 0.3) is 11.5 Å². The van der Waals surface area contributed by atoms with Crippen LogP contribution in [0.1, 0.15) is 67.0 Å². The van der Waals surface area contributed by atoms with E-state index < -0.39 is 0 Å². The van der Waals surface area contributed by atoms with E-state index in [1.165, 1.54) is 19.3 Å². The minimum absolute atomic E-state index is 0.0769. The zero-order chi connectivity index (χ0) is 18.4. The van der Waals surface area contributed by atoms with Gasteiger partial charge in [0, 0.05) is 24.6 Å². The normalized spacial score (nSPS) is 18.6. The predicted molar refractivity (Wildman–Crippen MR) is 104 cm³/mol. The third kappa shape index (κ3) is 2.74. The Hall–Kier alpha value is -2.63. The number of amides is 1. The molecule has 1 saturated carbocycles. The molecule has 6 nitrogen and oxygen atoms in total. The molecule has 27 heavy (non-hydrogen) atoms. The average Bonchev–Trinajstić information content (AvgIpc) is 3.38. The second kappa shape index (κ2) is 6.51. The van der Waals surface area contributed by atoms with Crippen molar-refractivity contribution in [3.8, 4) is 0 Å². The molecule has 0 unspecified atom stereocenters. The summed E-state index contributed by atoms with van der Waals surface area (Å²) >= 11 is 0. The van der Waals surface area contributed by atoms with E-state index in [4.69, 9.17) is 0 Å². The standard InChI is InChI=1S/C21H24N4O2/c26-20-18-13-22-19(14-6-2-1-3-7-14)25(18)17-12-15(8-9-16(17)23-20)21(27)24-10-4-5-11-24/h8-9,12-14H,1-7,10-11H2,(H,23,26). The van der Waals surface area contributed by atoms with Gasteiger partial charge >= 0.3 is 0 Å². The van der Waals surface area contributed by atoms with Crippen molar-refractivity contribution >= 4 is 22.5 Å². The van der Waals surface area contributed by atoms with E-state index in [0.29, 0.717) is 17.0 Å². The van der Waals surface area contributed by atoms with E-state index in [1.807, 2.05) is 27.5 Å². The van der Waals surface area contributed by atoms with Gasteiger partial charge in [0.1, 0.15) is 11.3 Å². The van der Waals surface area contributed by atoms with Crippen molar-refractivity contribution in [1.29, 1.82) is 0 Å². The highest BCUT2D eigenvalue weighted by Gasteiger charge is 2.23. The lowest BCUT2D eigenvalue weighted by Crippen LogP contribution is -2.27. The van der Waals surface area contributed by atoms with Gasteiger partial charge in [0.05, 0.1) is 17.2 Å². The Labute approximate surface area is 157 Å². The van der Waals surface area contributed by atoms with Crippen molar-refractivity contribution in [3.63, 3.8) is 0 Å². The first-order valence-electron chi connectivity index (χ1n) is 10.0. The fourth-order valence-electron chi connectivity index (χ4n) is 4.67. The average molecular weight is 364 g/mol. The molecule has 1 aliphatic carbocycles. The summed E-state index contributed by atoms with van der Waals surface area (Å²) in [4.78, 5) is 34.9. The molecule has 0 radical (unpaired) electrons. The summed E-state index contributed by atoms with van der Waals surface area (Å²) in [6, 6.07) is 5.60. The van der Waals surface area contributed by atoms with Gasteiger partial charge in [-0.2, -0.15) is 0 Å². The molecular weight excluding hydrogens is 340 g/mol. The monoisotopic (exact) mass is 364 g/mol. The Morgan fingerprint density at radius 3 is 2.59 bits per heavy atom. The van der Waals surface area contributed by atoms with E-state index in [0.717, 1.165) is 55.6 Å². The van der Waals surface area contributed by atoms with Crippen molar-refractivity contribution < 1.29 is 4.79 Å². The quantitative estimate of drug-likeness (QED) is 0.757. The SMILES string of the molecule is O=C(c1ccc2[nH]c(=O)c3cnc(C4CCCCC4)n3c2c1)N1CCCC1. The number of hydrogen-bond donors (Lipinski definition) is 1. The molecule has 2 aromatic heterocycles. The molecule has 1 aliphatic heterocycles. The number of carbonyl (C=O) groups excluding carboxylic acids is 1. The van der Waals surface area contributed by atoms with E-state index >= 15 is 0 Å². The second-order valence-corrected chi connectivity index (χ2v) is 7.86. The number of nitrogens with one attached hydrogen (secondary N) is 1. The Balaban J connectivity index is 1.69. The molecular formula is C21H24N4O2. The summed E-state index contributed by atoms with van der Waals surface area (Å²) in [7, 11) is 0. The molecule has 1 saturated heterocycles. The lowest BCUT2D eigenvalue weighted by Gasteiger charge is -2.21. The Kier molecular flexibility index (Phi) is 3.99. The van der Waals surface area contributed by atoms with Crippen LogP contribution in [0.15, 0.2) is 29.2 Å². The molecule has 2 fully saturated rings. The Bertz CT molecular complexity index is 1070. The highest BCUT2D eigenvalue weighted by Crippen LogP contribution is 2.33. The summed E-state index contributed by atoms with van der Waals surface area (Å²) in [6.07, 6.45) is 9.74. The number of hydrogen-bond acceptors (Lipinski definition) is 3. The molecule has 1 N–H and O–H groups in total. The van der Waals surface area contributed by atoms with Gasteiger partial charge in [-0.1, -0.05) is 19.3 Å². The van der Waals surface area contributed by atoms with E-state index in [9.17, 15) is 9.59 Å². The molecule has 0 bridgehead atoms. The van der Waals surface area contributed by atoms with Crippen LogP contribution in [-0.4, -0.2) is 38.3 Å². The van der Waals surface area contributed by atoms with Crippen molar-refractivity contribution in [2.75, 3.05) is 13.1 Å². The predicted octanol–water partition coefficient (Wildman–Crippen LogP) is 3.46. The molecule has 3 heterocycles. The molecule has 2 aliphatic rings. The van der Waals surface area contributed by atoms with Crippen LogP contribution in [0.5, 0.6) is 0 Å². The van der Waals surface area contributed by atoms with Gasteiger partial charge in [-0.25, -0.2) is 4.98 Å². The molecule has 140 valence electrons. The molecule has 5 rings (SSSR count). The van der Waals surface area contributed by atoms with Crippen LogP contribution in [0.2, 0.25) is 0 Å². The minimum atomic E-state index is -0.129. The van der Waals surface area contributed by atoms with Crippen molar-refractivity contribution in [1.82, 2.24) is 19.3 Å². The third-order valence-electron chi connectivity index (χ3n) is 6.12. The number of benzene rings is 1. The number of nitrogens with zero attached hydrogens (tertiary/aromatic N) is 3. The summed E-state index contributed by atoms with van der Waals surface area (Å²) in [5.41, 5.74) is 2.74. The first-order chi connectivity index (χ1) is 13.2. The molecule has 0 atom stereocenters. The number of aromatic amines is 1. The molecule has 1 amide bonds. The van der Waals surface area contributed by atoms with Crippen LogP contribution in [0.4, 0.5) is 0 Å². The first kappa shape index (κ1) is 16.5. The lowest BCUT2D eigenvalue weighted by molar-refractivity contribution is 0.0793. The van der Waals surface area contributed by atoms with Gasteiger partial charge in [0.15, 0.2) is 0 Å². The van der Waals surface area contributed by atoms with Gasteiger partial charge in [-0.15, -0.1) is 0 Å². The number of fused-ring (bicyclic) bond motifs is 3. The lowest BCUT2D eigenvalue weighted by atomic mass is 9.88. The van der Waals surface area contributed by atoms with Gasteiger partial charge in [0.2, 0.25) is 0 Å². The Morgan fingerprint density at radius 2 is 1.81 bits per heavy atom. The zero-order valence-corrected chi connectivity index (χ0v) is 15.4. The number of carbonyl (C=O) groups is 1. The summed E-state index contributed by atoms with van der Waals surface area (Å²) in [6.45, 7) is 1.66. The Morgan fingerprint density at radius 1 is 1.04 bits per heavy atom. The van der Waals surface area contributed by atoms with Crippen LogP contribution in [-0.2, 0) is 0 Å². The van der Waals surface area contributed by atoms with Gasteiger partial charge in [-0.05, 0) is 43.9 Å². The maximum absolute atomic E-state index is 12.8. The van der Waals surface area contributed by atoms with Crippen LogP contribution in [0, 0.1) is 0 Å². The van der Waals surface area contributed by atoms with Crippen LogP contribution < -0.4 is 5.56 Å². The molecule has 3 aromatic rings. The van der Waals surface area contributed by atoms with Gasteiger partial charge < -0.3 is 9.88 Å². The second-order valence-electron chi connectivity index (χ2n) is 7.86. The first-order valence-corrected chi connectivity index (χ1v) is 10.0. The fraction of sp³-hybridized carbons (Fsp3) is 0.476. The van der Waals surface area contributed by atoms with Crippen LogP contribution in [0.3, 0.4) is 0 Å². The van der Waals surface area contributed by atoms with Crippen molar-refractivity contribution in [3.05, 3.63) is 46.1 Å². The summed E-state index contributed by atoms with van der Waals surface area (Å²) in [5.74, 6) is 1.42. The minimum Gasteiger partial charge on any atom is -0.339 e. The number of likely N-dealkylation sites (tertiary alicyclic amines) is 1. The zero-order valence-electron chi connectivity index (χ0n) is 15.4. The highest BCUT2D eigenvalue weighted by atomic mass is 16.2. The van der Waals surface area contributed by atoms with Crippen molar-refractivity contribution in [2.45, 2.75) is 50.9 Å². The molecule has 1 aromatic carbocycles. The number of aromatic nitrogens is 3. The smallest absolute Gasteiger partial charge is 0.274 e. The summed E-state index contributed by atoms with van der Waals surface area (Å²) < 4.78 is 1.99. The maximum Gasteiger partial charge on any atom is 0.274 e. The number of H-pyrrole nitrogens is 1. The third-order valence-corrected chi connectivity index (χ3v) is 6.12. The molecule has 6 heteroatoms. The van der Waals surface area contributed by atoms with Crippen LogP contribution >= 0.6 is 0 Å². The largest absolute Gasteiger partial charge is 0.339 e. The maximum atomic E-state index is 12.8. The van der Waals surface area contributed by atoms with Gasteiger partial charge in [-0.3, -0.25) is 14.0 Å². The van der Waals surface area contributed by atoms with Crippen LogP contribution in [0.25, 0.3) is 16.6 Å². The fourth-order valence-corrected chi connectivity index (χ4v) is 4.67. The number of rotatable bonds is 2. The van der Waals surface area contributed by atoms with E-state index in [1.54, 1.807) is 6.20 Å². The van der Waals surface area contributed by atoms with E-state index in [-0.39, 0.29) is 11.5 Å². The highest BCUT2D eigenvalue weighted by molar-refractivity contribution is 5.97. The topological polar surface area (TPSA) is 70.5 Å². The summed E-state index contributed by atoms with van der Waals surface area (Å²) in [5, 5.41) is 0. The molecule has 0 spiro atoms. The van der Waals surface area contributed by atoms with Crippen molar-refractivity contribution in [2.24, 2.45) is 0 Å².